The number of anilines is 1. The number of nitrogens with zero attached hydrogens (tertiary/aromatic N) is 1. The highest BCUT2D eigenvalue weighted by Crippen LogP contribution is 2.12. The van der Waals surface area contributed by atoms with Gasteiger partial charge in [0.2, 0.25) is 5.91 Å². The van der Waals surface area contributed by atoms with Crippen LogP contribution in [0.5, 0.6) is 0 Å². The van der Waals surface area contributed by atoms with E-state index in [4.69, 9.17) is 0 Å². The minimum Gasteiger partial charge on any atom is -0.326 e. The van der Waals surface area contributed by atoms with Gasteiger partial charge in [0, 0.05) is 24.5 Å². The number of aromatic nitrogens is 2. The predicted octanol–water partition coefficient (Wildman–Crippen LogP) is 1.10. The van der Waals surface area contributed by atoms with Crippen LogP contribution in [-0.2, 0) is 4.79 Å². The monoisotopic (exact) mass is 274 g/mol. The highest BCUT2D eigenvalue weighted by molar-refractivity contribution is 5.90. The fourth-order valence-corrected chi connectivity index (χ4v) is 1.88. The lowest BCUT2D eigenvalue weighted by molar-refractivity contribution is -0.116. The molecule has 0 bridgehead atoms. The fourth-order valence-electron chi connectivity index (χ4n) is 1.88. The molecule has 0 saturated heterocycles. The number of hydrogen-bond donors (Lipinski definition) is 3. The number of carbonyl (C=O) groups is 1. The predicted molar refractivity (Wildman–Crippen MR) is 78.2 cm³/mol. The molecule has 6 nitrogen and oxygen atoms in total. The summed E-state index contributed by atoms with van der Waals surface area (Å²) in [5.74, 6) is -0.00758. The van der Waals surface area contributed by atoms with Gasteiger partial charge in [-0.2, -0.15) is 0 Å². The number of nitrogens with one attached hydrogen (secondary N) is 3. The largest absolute Gasteiger partial charge is 0.330 e. The van der Waals surface area contributed by atoms with Crippen molar-refractivity contribution >= 4 is 11.6 Å². The van der Waals surface area contributed by atoms with Crippen LogP contribution in [0.3, 0.4) is 0 Å². The summed E-state index contributed by atoms with van der Waals surface area (Å²) in [5, 5.41) is 5.83. The van der Waals surface area contributed by atoms with Crippen molar-refractivity contribution in [3.05, 3.63) is 47.1 Å². The Hall–Kier alpha value is -2.34. The van der Waals surface area contributed by atoms with Crippen molar-refractivity contribution in [2.24, 2.45) is 0 Å². The summed E-state index contributed by atoms with van der Waals surface area (Å²) in [4.78, 5) is 25.7. The van der Waals surface area contributed by atoms with Crippen LogP contribution in [0, 0.1) is 0 Å². The Morgan fingerprint density at radius 3 is 2.65 bits per heavy atom. The average Bonchev–Trinajstić information content (AvgIpc) is 2.86. The van der Waals surface area contributed by atoms with E-state index in [9.17, 15) is 9.59 Å². The molecule has 6 heteroatoms. The van der Waals surface area contributed by atoms with Crippen LogP contribution in [0.4, 0.5) is 5.69 Å². The Labute approximate surface area is 116 Å². The van der Waals surface area contributed by atoms with Crippen LogP contribution in [0.25, 0.3) is 5.69 Å². The molecule has 0 saturated carbocycles. The molecule has 20 heavy (non-hydrogen) atoms. The van der Waals surface area contributed by atoms with Crippen LogP contribution in [0.1, 0.15) is 12.8 Å². The molecule has 0 fully saturated rings. The normalized spacial score (nSPS) is 10.4. The van der Waals surface area contributed by atoms with Gasteiger partial charge in [-0.05, 0) is 44.3 Å². The molecule has 0 atom stereocenters. The molecule has 0 unspecified atom stereocenters. The summed E-state index contributed by atoms with van der Waals surface area (Å²) in [5.41, 5.74) is 1.30. The lowest BCUT2D eigenvalue weighted by Crippen LogP contribution is -2.16. The molecule has 0 spiro atoms. The van der Waals surface area contributed by atoms with Crippen molar-refractivity contribution < 1.29 is 4.79 Å². The molecular weight excluding hydrogens is 256 g/mol. The summed E-state index contributed by atoms with van der Waals surface area (Å²) in [7, 11) is 1.86. The molecular formula is C14H18N4O2. The van der Waals surface area contributed by atoms with Crippen LogP contribution in [0.2, 0.25) is 0 Å². The third-order valence-electron chi connectivity index (χ3n) is 2.91. The van der Waals surface area contributed by atoms with E-state index in [0.29, 0.717) is 6.42 Å². The maximum Gasteiger partial charge on any atom is 0.330 e. The molecule has 0 aliphatic heterocycles. The Bertz CT molecular complexity index is 613. The van der Waals surface area contributed by atoms with Crippen LogP contribution in [0.15, 0.2) is 41.5 Å². The second-order valence-electron chi connectivity index (χ2n) is 4.44. The van der Waals surface area contributed by atoms with Crippen LogP contribution >= 0.6 is 0 Å². The van der Waals surface area contributed by atoms with Gasteiger partial charge in [-0.1, -0.05) is 0 Å². The third-order valence-corrected chi connectivity index (χ3v) is 2.91. The number of aromatic amines is 1. The number of H-pyrrole nitrogens is 1. The highest BCUT2D eigenvalue weighted by Gasteiger charge is 2.03. The first kappa shape index (κ1) is 14.1. The zero-order valence-electron chi connectivity index (χ0n) is 11.3. The maximum absolute atomic E-state index is 11.7. The topological polar surface area (TPSA) is 78.9 Å². The molecule has 0 radical (unpaired) electrons. The minimum atomic E-state index is -0.186. The number of benzene rings is 1. The third kappa shape index (κ3) is 3.58. The standard InChI is InChI=1S/C14H18N4O2/c1-15-8-2-3-13(19)17-11-4-6-12(7-5-11)18-10-9-16-14(18)20/h4-7,9-10,15H,2-3,8H2,1H3,(H,16,20)(H,17,19). The van der Waals surface area contributed by atoms with Gasteiger partial charge in [-0.15, -0.1) is 0 Å². The van der Waals surface area contributed by atoms with Gasteiger partial charge in [0.1, 0.15) is 0 Å². The molecule has 106 valence electrons. The van der Waals surface area contributed by atoms with Gasteiger partial charge < -0.3 is 15.6 Å². The highest BCUT2D eigenvalue weighted by atomic mass is 16.2. The Morgan fingerprint density at radius 1 is 1.30 bits per heavy atom. The Kier molecular flexibility index (Phi) is 4.73. The average molecular weight is 274 g/mol. The van der Waals surface area contributed by atoms with Gasteiger partial charge in [-0.3, -0.25) is 9.36 Å². The first-order valence-corrected chi connectivity index (χ1v) is 6.51. The van der Waals surface area contributed by atoms with E-state index in [2.05, 4.69) is 15.6 Å². The summed E-state index contributed by atoms with van der Waals surface area (Å²) in [6, 6.07) is 7.15. The molecule has 1 aromatic heterocycles. The quantitative estimate of drug-likeness (QED) is 0.690. The lowest BCUT2D eigenvalue weighted by atomic mass is 10.2. The van der Waals surface area contributed by atoms with E-state index in [0.717, 1.165) is 24.3 Å². The molecule has 0 aliphatic rings. The van der Waals surface area contributed by atoms with Crippen molar-refractivity contribution in [2.75, 3.05) is 18.9 Å². The molecule has 3 N–H and O–H groups in total. The van der Waals surface area contributed by atoms with Crippen LogP contribution < -0.4 is 16.3 Å². The molecule has 1 heterocycles. The molecule has 0 aliphatic carbocycles. The molecule has 1 aromatic carbocycles. The smallest absolute Gasteiger partial charge is 0.326 e. The molecule has 2 rings (SSSR count). The van der Waals surface area contributed by atoms with Gasteiger partial charge >= 0.3 is 5.69 Å². The van der Waals surface area contributed by atoms with Crippen molar-refractivity contribution in [2.45, 2.75) is 12.8 Å². The summed E-state index contributed by atoms with van der Waals surface area (Å²) in [6.45, 7) is 0.822. The minimum absolute atomic E-state index is 0.00758. The Morgan fingerprint density at radius 2 is 2.05 bits per heavy atom. The first-order valence-electron chi connectivity index (χ1n) is 6.51. The second kappa shape index (κ2) is 6.72. The van der Waals surface area contributed by atoms with Crippen molar-refractivity contribution in [1.29, 1.82) is 0 Å². The molecule has 2 aromatic rings. The lowest BCUT2D eigenvalue weighted by Gasteiger charge is -2.06. The number of amides is 1. The van der Waals surface area contributed by atoms with Gasteiger partial charge in [0.25, 0.3) is 0 Å². The molecule has 1 amide bonds. The van der Waals surface area contributed by atoms with E-state index in [1.165, 1.54) is 4.57 Å². The Balaban J connectivity index is 1.97. The summed E-state index contributed by atoms with van der Waals surface area (Å²) >= 11 is 0. The van der Waals surface area contributed by atoms with Crippen molar-refractivity contribution in [1.82, 2.24) is 14.9 Å². The number of imidazole rings is 1. The number of rotatable bonds is 6. The van der Waals surface area contributed by atoms with E-state index < -0.39 is 0 Å². The second-order valence-corrected chi connectivity index (χ2v) is 4.44. The van der Waals surface area contributed by atoms with Crippen molar-refractivity contribution in [3.63, 3.8) is 0 Å². The maximum atomic E-state index is 11.7. The van der Waals surface area contributed by atoms with Gasteiger partial charge in [-0.25, -0.2) is 4.79 Å². The van der Waals surface area contributed by atoms with E-state index in [1.807, 2.05) is 7.05 Å². The van der Waals surface area contributed by atoms with Crippen LogP contribution in [-0.4, -0.2) is 29.1 Å². The number of carbonyl (C=O) groups excluding carboxylic acids is 1. The van der Waals surface area contributed by atoms with Gasteiger partial charge in [0.15, 0.2) is 0 Å². The summed E-state index contributed by atoms with van der Waals surface area (Å²) in [6.07, 6.45) is 4.53. The van der Waals surface area contributed by atoms with E-state index in [1.54, 1.807) is 36.7 Å². The summed E-state index contributed by atoms with van der Waals surface area (Å²) < 4.78 is 1.50. The van der Waals surface area contributed by atoms with Gasteiger partial charge in [0.05, 0.1) is 5.69 Å². The van der Waals surface area contributed by atoms with E-state index in [-0.39, 0.29) is 11.6 Å². The number of hydrogen-bond acceptors (Lipinski definition) is 3. The SMILES string of the molecule is CNCCCC(=O)Nc1ccc(-n2cc[nH]c2=O)cc1. The van der Waals surface area contributed by atoms with E-state index >= 15 is 0 Å². The zero-order chi connectivity index (χ0) is 14.4. The fraction of sp³-hybridized carbons (Fsp3) is 0.286. The zero-order valence-corrected chi connectivity index (χ0v) is 11.3. The van der Waals surface area contributed by atoms with Crippen molar-refractivity contribution in [3.8, 4) is 5.69 Å². The first-order chi connectivity index (χ1) is 9.70.